The number of aliphatic hydroxyl groups is 1. The minimum atomic E-state index is -1.59. The number of rotatable bonds is 13. The molecule has 0 aliphatic carbocycles. The van der Waals surface area contributed by atoms with Crippen molar-refractivity contribution in [2.75, 3.05) is 0 Å². The molecule has 1 unspecified atom stereocenters. The number of hydrogen-bond acceptors (Lipinski definition) is 9. The van der Waals surface area contributed by atoms with Crippen LogP contribution in [-0.2, 0) is 0 Å². The lowest BCUT2D eigenvalue weighted by Crippen LogP contribution is -2.16. The molecule has 0 radical (unpaired) electrons. The third-order valence-electron chi connectivity index (χ3n) is 10.2. The van der Waals surface area contributed by atoms with Gasteiger partial charge in [-0.2, -0.15) is 0 Å². The number of pyridine rings is 3. The molecule has 3 heterocycles. The van der Waals surface area contributed by atoms with Gasteiger partial charge in [0, 0.05) is 22.3 Å². The van der Waals surface area contributed by atoms with Gasteiger partial charge in [-0.3, -0.25) is 15.0 Å². The summed E-state index contributed by atoms with van der Waals surface area (Å²) in [6, 6.07) is 38.8. The van der Waals surface area contributed by atoms with Crippen molar-refractivity contribution in [2.45, 2.75) is 65.6 Å². The Hall–Kier alpha value is -6.97. The molecule has 0 bridgehead atoms. The van der Waals surface area contributed by atoms with Crippen molar-refractivity contribution in [3.05, 3.63) is 179 Å². The first-order chi connectivity index (χ1) is 28.9. The molecule has 0 aliphatic rings. The van der Waals surface area contributed by atoms with E-state index in [2.05, 4.69) is 74.7 Å². The average Bonchev–Trinajstić information content (AvgIpc) is 3.27. The highest BCUT2D eigenvalue weighted by Gasteiger charge is 2.22. The molecule has 0 saturated carbocycles. The van der Waals surface area contributed by atoms with E-state index in [-0.39, 0.29) is 33.9 Å². The van der Waals surface area contributed by atoms with E-state index in [1.54, 1.807) is 30.3 Å². The first kappa shape index (κ1) is 41.2. The third kappa shape index (κ3) is 9.49. The van der Waals surface area contributed by atoms with Gasteiger partial charge >= 0.3 is 11.9 Å². The van der Waals surface area contributed by atoms with Gasteiger partial charge in [0.1, 0.15) is 17.2 Å². The van der Waals surface area contributed by atoms with Crippen LogP contribution in [0.4, 0.5) is 0 Å². The molecule has 0 amide bonds. The van der Waals surface area contributed by atoms with E-state index in [1.807, 2.05) is 60.7 Å². The molecule has 9 heteroatoms. The number of aliphatic hydroxyl groups excluding tert-OH is 1. The number of hydrogen-bond donors (Lipinski definition) is 1. The second-order valence-electron chi connectivity index (χ2n) is 15.5. The third-order valence-corrected chi connectivity index (χ3v) is 10.2. The van der Waals surface area contributed by atoms with Crippen molar-refractivity contribution in [2.24, 2.45) is 0 Å². The topological polar surface area (TPSA) is 121 Å². The molecule has 4 aromatic carbocycles. The number of aromatic nitrogens is 3. The molecule has 60 heavy (non-hydrogen) atoms. The maximum absolute atomic E-state index is 13.7. The van der Waals surface area contributed by atoms with Crippen LogP contribution in [0.1, 0.15) is 109 Å². The zero-order valence-electron chi connectivity index (χ0n) is 34.5. The first-order valence-electron chi connectivity index (χ1n) is 20.0. The zero-order chi connectivity index (χ0) is 42.3. The molecule has 9 nitrogen and oxygen atoms in total. The summed E-state index contributed by atoms with van der Waals surface area (Å²) in [6.45, 7) is 12.7. The molecule has 302 valence electrons. The zero-order valence-corrected chi connectivity index (χ0v) is 34.5. The highest BCUT2D eigenvalue weighted by atomic mass is 16.6. The maximum Gasteiger partial charge on any atom is 0.343 e. The Balaban J connectivity index is 1.15. The van der Waals surface area contributed by atoms with Crippen LogP contribution >= 0.6 is 0 Å². The molecule has 0 fully saturated rings. The van der Waals surface area contributed by atoms with Gasteiger partial charge in [-0.05, 0) is 89.0 Å². The number of nitrogens with zero attached hydrogens (tertiary/aromatic N) is 3. The number of esters is 2. The fourth-order valence-electron chi connectivity index (χ4n) is 7.07. The molecular formula is C51H47N3O6. The Morgan fingerprint density at radius 3 is 1.15 bits per heavy atom. The number of benzene rings is 4. The normalized spacial score (nSPS) is 11.8. The number of ether oxygens (including phenoxy) is 3. The summed E-state index contributed by atoms with van der Waals surface area (Å²) in [5.74, 6) is 0.00395. The second-order valence-corrected chi connectivity index (χ2v) is 15.5. The molecule has 1 N–H and O–H groups in total. The Bertz CT molecular complexity index is 2470. The Kier molecular flexibility index (Phi) is 12.6. The molecular weight excluding hydrogens is 751 g/mol. The average molecular weight is 798 g/mol. The predicted molar refractivity (Wildman–Crippen MR) is 233 cm³/mol. The standard InChI is InChI=1S/C51H47N3O6/c1-31(2)40-13-7-10-16-43(40)46-22-19-37(28-52-46)58-49(55)34-25-35(50(56)59-38-20-23-47(53-29-38)44-17-11-8-14-41(44)32(3)4)27-36(26-34)51(57)60-39-21-24-48(54-30-39)45-18-12-9-15-42(45)33(5)6/h7-33,49,55H,1-6H3. The summed E-state index contributed by atoms with van der Waals surface area (Å²) in [5, 5.41) is 11.4. The summed E-state index contributed by atoms with van der Waals surface area (Å²) < 4.78 is 17.4. The monoisotopic (exact) mass is 797 g/mol. The fraction of sp³-hybridized carbons (Fsp3) is 0.196. The minimum absolute atomic E-state index is 0.0196. The minimum Gasteiger partial charge on any atom is -0.459 e. The highest BCUT2D eigenvalue weighted by molar-refractivity contribution is 5.97. The van der Waals surface area contributed by atoms with Crippen molar-refractivity contribution in [1.82, 2.24) is 15.0 Å². The van der Waals surface area contributed by atoms with Gasteiger partial charge in [0.2, 0.25) is 6.29 Å². The summed E-state index contributed by atoms with van der Waals surface area (Å²) in [6.07, 6.45) is 2.89. The molecule has 0 aliphatic heterocycles. The van der Waals surface area contributed by atoms with Crippen LogP contribution in [0.3, 0.4) is 0 Å². The largest absolute Gasteiger partial charge is 0.459 e. The van der Waals surface area contributed by atoms with Gasteiger partial charge in [0.15, 0.2) is 0 Å². The van der Waals surface area contributed by atoms with Gasteiger partial charge in [-0.1, -0.05) is 114 Å². The van der Waals surface area contributed by atoms with Crippen molar-refractivity contribution in [1.29, 1.82) is 0 Å². The van der Waals surface area contributed by atoms with Gasteiger partial charge in [-0.25, -0.2) is 9.59 Å². The van der Waals surface area contributed by atoms with E-state index in [9.17, 15) is 14.7 Å². The van der Waals surface area contributed by atoms with Gasteiger partial charge < -0.3 is 19.3 Å². The van der Waals surface area contributed by atoms with Crippen molar-refractivity contribution >= 4 is 11.9 Å². The number of carbonyl (C=O) groups is 2. The van der Waals surface area contributed by atoms with Crippen molar-refractivity contribution in [3.8, 4) is 51.0 Å². The lowest BCUT2D eigenvalue weighted by molar-refractivity contribution is -0.0197. The van der Waals surface area contributed by atoms with Crippen LogP contribution in [0.25, 0.3) is 33.8 Å². The predicted octanol–water partition coefficient (Wildman–Crippen LogP) is 11.8. The summed E-state index contributed by atoms with van der Waals surface area (Å²) >= 11 is 0. The van der Waals surface area contributed by atoms with Crippen molar-refractivity contribution < 1.29 is 28.9 Å². The molecule has 7 rings (SSSR count). The number of carbonyl (C=O) groups excluding carboxylic acids is 2. The SMILES string of the molecule is CC(C)c1ccccc1-c1ccc(OC(=O)c2cc(C(=O)Oc3ccc(-c4ccccc4C(C)C)nc3)cc(C(O)Oc3ccc(-c4ccccc4C(C)C)nc3)c2)cn1. The van der Waals surface area contributed by atoms with Gasteiger partial charge in [-0.15, -0.1) is 0 Å². The van der Waals surface area contributed by atoms with E-state index in [0.29, 0.717) is 17.8 Å². The lowest BCUT2D eigenvalue weighted by atomic mass is 9.95. The summed E-state index contributed by atoms with van der Waals surface area (Å²) in [5.41, 5.74) is 8.76. The first-order valence-corrected chi connectivity index (χ1v) is 20.0. The molecule has 7 aromatic rings. The van der Waals surface area contributed by atoms with E-state index in [1.165, 1.54) is 36.8 Å². The van der Waals surface area contributed by atoms with Crippen LogP contribution in [0, 0.1) is 0 Å². The van der Waals surface area contributed by atoms with E-state index < -0.39 is 18.2 Å². The summed E-state index contributed by atoms with van der Waals surface area (Å²) in [7, 11) is 0. The van der Waals surface area contributed by atoms with Crippen LogP contribution in [0.5, 0.6) is 17.2 Å². The van der Waals surface area contributed by atoms with Crippen LogP contribution in [-0.4, -0.2) is 32.0 Å². The van der Waals surface area contributed by atoms with E-state index in [0.717, 1.165) is 50.5 Å². The van der Waals surface area contributed by atoms with E-state index >= 15 is 0 Å². The quantitative estimate of drug-likeness (QED) is 0.0897. The molecule has 3 aromatic heterocycles. The van der Waals surface area contributed by atoms with E-state index in [4.69, 9.17) is 14.2 Å². The van der Waals surface area contributed by atoms with Crippen molar-refractivity contribution in [3.63, 3.8) is 0 Å². The molecule has 0 saturated heterocycles. The second kappa shape index (κ2) is 18.3. The smallest absolute Gasteiger partial charge is 0.343 e. The maximum atomic E-state index is 13.7. The van der Waals surface area contributed by atoms with Gasteiger partial charge in [0.25, 0.3) is 0 Å². The fourth-order valence-corrected chi connectivity index (χ4v) is 7.07. The van der Waals surface area contributed by atoms with Crippen LogP contribution in [0.2, 0.25) is 0 Å². The highest BCUT2D eigenvalue weighted by Crippen LogP contribution is 2.32. The van der Waals surface area contributed by atoms with Gasteiger partial charge in [0.05, 0.1) is 46.8 Å². The molecule has 1 atom stereocenters. The van der Waals surface area contributed by atoms with Crippen LogP contribution in [0.15, 0.2) is 146 Å². The molecule has 0 spiro atoms. The summed E-state index contributed by atoms with van der Waals surface area (Å²) in [4.78, 5) is 41.2. The van der Waals surface area contributed by atoms with Crippen LogP contribution < -0.4 is 14.2 Å². The Morgan fingerprint density at radius 1 is 0.467 bits per heavy atom. The lowest BCUT2D eigenvalue weighted by Gasteiger charge is -2.17. The Labute approximate surface area is 350 Å². The Morgan fingerprint density at radius 2 is 0.817 bits per heavy atom.